The summed E-state index contributed by atoms with van der Waals surface area (Å²) >= 11 is 1.59. The maximum absolute atomic E-state index is 11.4. The number of carbonyl (C=O) groups is 1. The molecule has 3 unspecified atom stereocenters. The lowest BCUT2D eigenvalue weighted by molar-refractivity contribution is -0.352. The summed E-state index contributed by atoms with van der Waals surface area (Å²) < 4.78 is 28.7. The topological polar surface area (TPSA) is 63.2 Å². The van der Waals surface area contributed by atoms with Crippen LogP contribution in [0, 0.1) is 0 Å². The summed E-state index contributed by atoms with van der Waals surface area (Å²) in [5.41, 5.74) is -0.279. The SMILES string of the molecule is CCSC1OC2COC(C)(C)O[C@H]2[C@@H](OC)C1OC(C)=O. The van der Waals surface area contributed by atoms with E-state index in [1.165, 1.54) is 6.92 Å². The average Bonchev–Trinajstić information content (AvgIpc) is 2.39. The Balaban J connectivity index is 2.21. The number of methoxy groups -OCH3 is 1. The third-order valence-corrected chi connectivity index (χ3v) is 4.55. The molecular weight excluding hydrogens is 296 g/mol. The first-order valence-electron chi connectivity index (χ1n) is 7.16. The van der Waals surface area contributed by atoms with Crippen molar-refractivity contribution in [3.63, 3.8) is 0 Å². The average molecular weight is 320 g/mol. The van der Waals surface area contributed by atoms with Gasteiger partial charge in [-0.05, 0) is 19.6 Å². The van der Waals surface area contributed by atoms with E-state index in [0.29, 0.717) is 6.61 Å². The van der Waals surface area contributed by atoms with Crippen molar-refractivity contribution in [1.29, 1.82) is 0 Å². The van der Waals surface area contributed by atoms with E-state index < -0.39 is 11.9 Å². The molecule has 0 saturated carbocycles. The first kappa shape index (κ1) is 17.0. The van der Waals surface area contributed by atoms with Crippen molar-refractivity contribution in [3.8, 4) is 0 Å². The third-order valence-electron chi connectivity index (χ3n) is 3.51. The molecule has 0 spiro atoms. The van der Waals surface area contributed by atoms with E-state index in [2.05, 4.69) is 0 Å². The minimum Gasteiger partial charge on any atom is -0.456 e. The van der Waals surface area contributed by atoms with Gasteiger partial charge in [0.15, 0.2) is 11.9 Å². The maximum atomic E-state index is 11.4. The summed E-state index contributed by atoms with van der Waals surface area (Å²) in [4.78, 5) is 11.4. The molecule has 21 heavy (non-hydrogen) atoms. The minimum absolute atomic E-state index is 0.223. The Morgan fingerprint density at radius 3 is 2.67 bits per heavy atom. The molecule has 0 aromatic carbocycles. The summed E-state index contributed by atoms with van der Waals surface area (Å²) in [6.07, 6.45) is -1.41. The van der Waals surface area contributed by atoms with Crippen LogP contribution >= 0.6 is 11.8 Å². The largest absolute Gasteiger partial charge is 0.456 e. The van der Waals surface area contributed by atoms with E-state index in [4.69, 9.17) is 23.7 Å². The van der Waals surface area contributed by atoms with Crippen LogP contribution in [0.25, 0.3) is 0 Å². The molecule has 7 heteroatoms. The number of thioether (sulfide) groups is 1. The third kappa shape index (κ3) is 3.90. The lowest BCUT2D eigenvalue weighted by Crippen LogP contribution is -2.65. The van der Waals surface area contributed by atoms with Gasteiger partial charge in [0.2, 0.25) is 0 Å². The fourth-order valence-corrected chi connectivity index (χ4v) is 3.63. The normalized spacial score (nSPS) is 38.6. The second kappa shape index (κ2) is 6.83. The van der Waals surface area contributed by atoms with Crippen molar-refractivity contribution >= 4 is 17.7 Å². The molecule has 2 aliphatic heterocycles. The summed E-state index contributed by atoms with van der Waals surface area (Å²) in [6.45, 7) is 7.56. The van der Waals surface area contributed by atoms with E-state index in [1.807, 2.05) is 20.8 Å². The summed E-state index contributed by atoms with van der Waals surface area (Å²) in [6, 6.07) is 0. The smallest absolute Gasteiger partial charge is 0.303 e. The molecule has 5 atom stereocenters. The van der Waals surface area contributed by atoms with Crippen molar-refractivity contribution in [2.24, 2.45) is 0 Å². The molecule has 0 aromatic rings. The first-order chi connectivity index (χ1) is 9.88. The summed E-state index contributed by atoms with van der Waals surface area (Å²) in [5, 5.41) is 0. The Morgan fingerprint density at radius 1 is 1.38 bits per heavy atom. The zero-order valence-corrected chi connectivity index (χ0v) is 14.0. The molecular formula is C14H24O6S. The zero-order chi connectivity index (χ0) is 15.6. The van der Waals surface area contributed by atoms with Gasteiger partial charge in [0, 0.05) is 14.0 Å². The molecule has 2 heterocycles. The highest BCUT2D eigenvalue weighted by atomic mass is 32.2. The number of esters is 1. The highest BCUT2D eigenvalue weighted by Gasteiger charge is 2.53. The fourth-order valence-electron chi connectivity index (χ4n) is 2.68. The maximum Gasteiger partial charge on any atom is 0.303 e. The zero-order valence-electron chi connectivity index (χ0n) is 13.2. The van der Waals surface area contributed by atoms with Gasteiger partial charge < -0.3 is 23.7 Å². The Hall–Kier alpha value is -0.340. The Bertz CT molecular complexity index is 374. The molecule has 0 aromatic heterocycles. The number of hydrogen-bond acceptors (Lipinski definition) is 7. The molecule has 0 bridgehead atoms. The van der Waals surface area contributed by atoms with Crippen LogP contribution in [0.1, 0.15) is 27.7 Å². The van der Waals surface area contributed by atoms with Gasteiger partial charge in [0.1, 0.15) is 23.7 Å². The number of hydrogen-bond donors (Lipinski definition) is 0. The minimum atomic E-state index is -0.702. The molecule has 0 aliphatic carbocycles. The van der Waals surface area contributed by atoms with Crippen LogP contribution in [0.5, 0.6) is 0 Å². The van der Waals surface area contributed by atoms with Gasteiger partial charge in [-0.3, -0.25) is 4.79 Å². The lowest BCUT2D eigenvalue weighted by atomic mass is 9.98. The Morgan fingerprint density at radius 2 is 2.10 bits per heavy atom. The molecule has 122 valence electrons. The Labute approximate surface area is 129 Å². The quantitative estimate of drug-likeness (QED) is 0.728. The predicted octanol–water partition coefficient (Wildman–Crippen LogP) is 1.56. The van der Waals surface area contributed by atoms with Crippen LogP contribution in [0.15, 0.2) is 0 Å². The van der Waals surface area contributed by atoms with E-state index in [0.717, 1.165) is 5.75 Å². The van der Waals surface area contributed by atoms with Gasteiger partial charge in [-0.2, -0.15) is 0 Å². The molecule has 2 saturated heterocycles. The standard InChI is InChI=1S/C14H24O6S/c1-6-21-13-12(18-8(2)15)11(16-5)10-9(19-13)7-17-14(3,4)20-10/h9-13H,6-7H2,1-5H3/t9?,10-,11-,12?,13?/m1/s1. The van der Waals surface area contributed by atoms with Crippen LogP contribution in [-0.4, -0.2) is 61.1 Å². The number of carbonyl (C=O) groups excluding carboxylic acids is 1. The number of ether oxygens (including phenoxy) is 5. The van der Waals surface area contributed by atoms with Crippen LogP contribution in [0.3, 0.4) is 0 Å². The fraction of sp³-hybridized carbons (Fsp3) is 0.929. The highest BCUT2D eigenvalue weighted by Crippen LogP contribution is 2.37. The van der Waals surface area contributed by atoms with Crippen molar-refractivity contribution in [3.05, 3.63) is 0 Å². The number of rotatable bonds is 4. The second-order valence-electron chi connectivity index (χ2n) is 5.57. The van der Waals surface area contributed by atoms with Gasteiger partial charge in [-0.15, -0.1) is 11.8 Å². The van der Waals surface area contributed by atoms with Crippen LogP contribution in [0.4, 0.5) is 0 Å². The van der Waals surface area contributed by atoms with Crippen LogP contribution < -0.4 is 0 Å². The Kier molecular flexibility index (Phi) is 5.54. The van der Waals surface area contributed by atoms with Crippen molar-refractivity contribution in [1.82, 2.24) is 0 Å². The van der Waals surface area contributed by atoms with Crippen molar-refractivity contribution in [2.45, 2.75) is 63.3 Å². The van der Waals surface area contributed by atoms with Gasteiger partial charge in [-0.25, -0.2) is 0 Å². The van der Waals surface area contributed by atoms with Crippen LogP contribution in [0.2, 0.25) is 0 Å². The lowest BCUT2D eigenvalue weighted by Gasteiger charge is -2.50. The monoisotopic (exact) mass is 320 g/mol. The molecule has 2 rings (SSSR count). The molecule has 6 nitrogen and oxygen atoms in total. The van der Waals surface area contributed by atoms with E-state index in [9.17, 15) is 4.79 Å². The second-order valence-corrected chi connectivity index (χ2v) is 6.94. The summed E-state index contributed by atoms with van der Waals surface area (Å²) in [5.74, 6) is -0.201. The molecule has 0 N–H and O–H groups in total. The van der Waals surface area contributed by atoms with E-state index in [1.54, 1.807) is 18.9 Å². The van der Waals surface area contributed by atoms with E-state index in [-0.39, 0.29) is 29.7 Å². The molecule has 2 fully saturated rings. The predicted molar refractivity (Wildman–Crippen MR) is 78.0 cm³/mol. The highest BCUT2D eigenvalue weighted by molar-refractivity contribution is 7.99. The van der Waals surface area contributed by atoms with Crippen molar-refractivity contribution < 1.29 is 28.5 Å². The molecule has 0 amide bonds. The molecule has 2 aliphatic rings. The van der Waals surface area contributed by atoms with Gasteiger partial charge in [-0.1, -0.05) is 6.92 Å². The van der Waals surface area contributed by atoms with Crippen molar-refractivity contribution in [2.75, 3.05) is 19.5 Å². The first-order valence-corrected chi connectivity index (χ1v) is 8.21. The molecule has 0 radical (unpaired) electrons. The van der Waals surface area contributed by atoms with Gasteiger partial charge in [0.25, 0.3) is 0 Å². The van der Waals surface area contributed by atoms with Gasteiger partial charge in [0.05, 0.1) is 6.61 Å². The van der Waals surface area contributed by atoms with Gasteiger partial charge >= 0.3 is 5.97 Å². The van der Waals surface area contributed by atoms with E-state index >= 15 is 0 Å². The summed E-state index contributed by atoms with van der Waals surface area (Å²) in [7, 11) is 1.60. The van der Waals surface area contributed by atoms with Crippen LogP contribution in [-0.2, 0) is 28.5 Å². The number of fused-ring (bicyclic) bond motifs is 1.